The summed E-state index contributed by atoms with van der Waals surface area (Å²) < 4.78 is 5.24. The summed E-state index contributed by atoms with van der Waals surface area (Å²) in [6, 6.07) is 4.74. The number of primary amides is 1. The van der Waals surface area contributed by atoms with Crippen molar-refractivity contribution in [3.63, 3.8) is 0 Å². The Bertz CT molecular complexity index is 1390. The summed E-state index contributed by atoms with van der Waals surface area (Å²) in [5, 5.41) is 43.2. The molecule has 5 rings (SSSR count). The second-order valence-corrected chi connectivity index (χ2v) is 9.01. The average Bonchev–Trinajstić information content (AvgIpc) is 2.81. The van der Waals surface area contributed by atoms with Crippen LogP contribution in [-0.2, 0) is 16.0 Å². The number of aliphatic hydroxyl groups excluding tert-OH is 2. The molecule has 3 aliphatic rings. The zero-order chi connectivity index (χ0) is 25.2. The lowest BCUT2D eigenvalue weighted by molar-refractivity contribution is -0.144. The highest BCUT2D eigenvalue weighted by atomic mass is 16.5. The van der Waals surface area contributed by atoms with Crippen molar-refractivity contribution in [2.24, 2.45) is 17.6 Å². The summed E-state index contributed by atoms with van der Waals surface area (Å²) in [6.45, 7) is 0. The van der Waals surface area contributed by atoms with Crippen molar-refractivity contribution in [3.8, 4) is 22.6 Å². The van der Waals surface area contributed by atoms with Crippen molar-refractivity contribution in [1.29, 1.82) is 0 Å². The van der Waals surface area contributed by atoms with Gasteiger partial charge in [-0.15, -0.1) is 0 Å². The number of ketones is 2. The fourth-order valence-corrected chi connectivity index (χ4v) is 5.57. The number of ether oxygens (including phenoxy) is 1. The number of amides is 1. The lowest BCUT2D eigenvalue weighted by Gasteiger charge is -2.45. The van der Waals surface area contributed by atoms with E-state index >= 15 is 0 Å². The number of carbonyl (C=O) groups is 3. The zero-order valence-corrected chi connectivity index (χ0v) is 18.6. The number of aliphatic hydroxyl groups is 3. The van der Waals surface area contributed by atoms with Gasteiger partial charge < -0.3 is 30.9 Å². The van der Waals surface area contributed by atoms with Crippen molar-refractivity contribution < 1.29 is 39.5 Å². The lowest BCUT2D eigenvalue weighted by atomic mass is 9.60. The van der Waals surface area contributed by atoms with Crippen LogP contribution in [0.25, 0.3) is 11.1 Å². The molecule has 6 N–H and O–H groups in total. The summed E-state index contributed by atoms with van der Waals surface area (Å²) in [5.41, 5.74) is 3.38. The van der Waals surface area contributed by atoms with E-state index in [2.05, 4.69) is 4.98 Å². The maximum Gasteiger partial charge on any atom is 0.255 e. The molecule has 0 bridgehead atoms. The van der Waals surface area contributed by atoms with Crippen LogP contribution in [0, 0.1) is 11.8 Å². The molecule has 10 nitrogen and oxygen atoms in total. The van der Waals surface area contributed by atoms with Gasteiger partial charge in [-0.1, -0.05) is 6.07 Å². The van der Waals surface area contributed by atoms with Gasteiger partial charge in [0.25, 0.3) is 5.91 Å². The number of methoxy groups -OCH3 is 1. The van der Waals surface area contributed by atoms with Gasteiger partial charge in [0.2, 0.25) is 5.78 Å². The van der Waals surface area contributed by atoms with E-state index in [1.807, 2.05) is 0 Å². The Morgan fingerprint density at radius 1 is 1.17 bits per heavy atom. The third-order valence-corrected chi connectivity index (χ3v) is 7.21. The summed E-state index contributed by atoms with van der Waals surface area (Å²) in [5.74, 6) is -6.08. The van der Waals surface area contributed by atoms with E-state index in [0.29, 0.717) is 22.4 Å². The molecular formula is C25H22N2O8. The number of nitrogens with zero attached hydrogens (tertiary/aromatic N) is 1. The van der Waals surface area contributed by atoms with E-state index in [1.54, 1.807) is 18.3 Å². The van der Waals surface area contributed by atoms with Crippen LogP contribution in [0.15, 0.2) is 53.3 Å². The van der Waals surface area contributed by atoms with Crippen molar-refractivity contribution >= 4 is 17.5 Å². The smallest absolute Gasteiger partial charge is 0.255 e. The fraction of sp³-hybridized carbons (Fsp3) is 0.280. The first-order valence-corrected chi connectivity index (χ1v) is 10.9. The number of rotatable bonds is 3. The molecule has 0 saturated heterocycles. The van der Waals surface area contributed by atoms with Crippen molar-refractivity contribution in [2.75, 3.05) is 7.11 Å². The maximum absolute atomic E-state index is 13.6. The summed E-state index contributed by atoms with van der Waals surface area (Å²) in [6.07, 6.45) is 3.12. The van der Waals surface area contributed by atoms with Crippen LogP contribution in [0.4, 0.5) is 0 Å². The van der Waals surface area contributed by atoms with Crippen LogP contribution in [0.2, 0.25) is 0 Å². The third-order valence-electron chi connectivity index (χ3n) is 7.21. The lowest BCUT2D eigenvalue weighted by Crippen LogP contribution is -2.57. The van der Waals surface area contributed by atoms with Gasteiger partial charge in [-0.2, -0.15) is 0 Å². The highest BCUT2D eigenvalue weighted by molar-refractivity contribution is 6.24. The second-order valence-electron chi connectivity index (χ2n) is 9.01. The predicted octanol–water partition coefficient (Wildman–Crippen LogP) is 1.65. The number of aromatic nitrogens is 1. The molecule has 180 valence electrons. The number of benzene rings is 1. The van der Waals surface area contributed by atoms with E-state index in [1.165, 1.54) is 19.4 Å². The number of Topliss-reactive ketones (excluding diaryl/α,β-unsaturated/α-hetero) is 2. The van der Waals surface area contributed by atoms with Gasteiger partial charge in [0, 0.05) is 29.7 Å². The molecule has 0 saturated carbocycles. The van der Waals surface area contributed by atoms with Crippen LogP contribution >= 0.6 is 0 Å². The number of nitrogens with two attached hydrogens (primary N) is 1. The van der Waals surface area contributed by atoms with E-state index in [-0.39, 0.29) is 36.1 Å². The fourth-order valence-electron chi connectivity index (χ4n) is 5.57. The van der Waals surface area contributed by atoms with Gasteiger partial charge >= 0.3 is 0 Å². The normalized spacial score (nSPS) is 25.7. The number of phenols is 1. The first-order chi connectivity index (χ1) is 16.6. The number of allylic oxidation sites excluding steroid dienone is 2. The highest BCUT2D eigenvalue weighted by Gasteiger charge is 2.59. The molecule has 35 heavy (non-hydrogen) atoms. The topological polar surface area (TPSA) is 180 Å². The quantitative estimate of drug-likeness (QED) is 0.410. The number of fused-ring (bicyclic) bond motifs is 3. The van der Waals surface area contributed by atoms with E-state index < -0.39 is 52.0 Å². The zero-order valence-electron chi connectivity index (χ0n) is 18.6. The molecule has 0 fully saturated rings. The van der Waals surface area contributed by atoms with Gasteiger partial charge in [-0.3, -0.25) is 19.4 Å². The predicted molar refractivity (Wildman–Crippen MR) is 121 cm³/mol. The minimum absolute atomic E-state index is 0.0538. The van der Waals surface area contributed by atoms with Crippen molar-refractivity contribution in [3.05, 3.63) is 64.4 Å². The number of aromatic hydroxyl groups is 1. The Kier molecular flexibility index (Phi) is 4.95. The monoisotopic (exact) mass is 478 g/mol. The highest BCUT2D eigenvalue weighted by Crippen LogP contribution is 2.52. The molecule has 2 aromatic rings. The van der Waals surface area contributed by atoms with E-state index in [9.17, 15) is 34.8 Å². The Labute approximate surface area is 199 Å². The first-order valence-electron chi connectivity index (χ1n) is 10.9. The van der Waals surface area contributed by atoms with Crippen molar-refractivity contribution in [1.82, 2.24) is 4.98 Å². The van der Waals surface area contributed by atoms with Gasteiger partial charge in [-0.05, 0) is 42.0 Å². The molecule has 0 spiro atoms. The third kappa shape index (κ3) is 3.06. The number of carbonyl (C=O) groups excluding carboxylic acids is 3. The Balaban J connectivity index is 1.68. The second kappa shape index (κ2) is 7.67. The number of hydrogen-bond acceptors (Lipinski definition) is 9. The Morgan fingerprint density at radius 3 is 2.60 bits per heavy atom. The summed E-state index contributed by atoms with van der Waals surface area (Å²) in [4.78, 5) is 42.5. The SMILES string of the molecule is COc1cncc(-c2ccc(O)c3c2C[C@H]2C[C@H]4CC(O)=C(C(N)=O)C(=O)[C@@]4(O)C(O)=C2C3=O)c1. The molecule has 3 aliphatic carbocycles. The van der Waals surface area contributed by atoms with Crippen LogP contribution < -0.4 is 10.5 Å². The molecule has 10 heteroatoms. The van der Waals surface area contributed by atoms with Crippen LogP contribution in [0.5, 0.6) is 11.5 Å². The molecule has 0 unspecified atom stereocenters. The molecule has 0 aliphatic heterocycles. The molecule has 1 amide bonds. The van der Waals surface area contributed by atoms with Gasteiger partial charge in [0.05, 0.1) is 18.9 Å². The average molecular weight is 478 g/mol. The maximum atomic E-state index is 13.6. The van der Waals surface area contributed by atoms with Crippen LogP contribution in [0.3, 0.4) is 0 Å². The Hall–Kier alpha value is -4.18. The van der Waals surface area contributed by atoms with Gasteiger partial charge in [-0.25, -0.2) is 0 Å². The van der Waals surface area contributed by atoms with Crippen LogP contribution in [-0.4, -0.2) is 55.6 Å². The number of pyridine rings is 1. The number of hydrogen-bond donors (Lipinski definition) is 5. The standard InChI is InChI=1S/C25H22N2O8/c1-35-13-5-11(8-27-9-13)14-2-3-16(28)19-15(14)6-10-4-12-7-17(29)20(24(26)33)23(32)25(12,34)22(31)18(10)21(19)30/h2-3,5,8-10,12,28-29,31,34H,4,6-7H2,1H3,(H2,26,33)/t10-,12+,25+/m1/s1. The summed E-state index contributed by atoms with van der Waals surface area (Å²) in [7, 11) is 1.50. The van der Waals surface area contributed by atoms with Gasteiger partial charge in [0.1, 0.15) is 28.6 Å². The molecule has 0 radical (unpaired) electrons. The molecule has 1 heterocycles. The minimum atomic E-state index is -2.58. The van der Waals surface area contributed by atoms with Crippen LogP contribution in [0.1, 0.15) is 28.8 Å². The largest absolute Gasteiger partial charge is 0.511 e. The van der Waals surface area contributed by atoms with Gasteiger partial charge in [0.15, 0.2) is 11.4 Å². The molecular weight excluding hydrogens is 456 g/mol. The van der Waals surface area contributed by atoms with E-state index in [0.717, 1.165) is 0 Å². The number of phenolic OH excluding ortho intramolecular Hbond substituents is 1. The van der Waals surface area contributed by atoms with Crippen molar-refractivity contribution in [2.45, 2.75) is 24.9 Å². The van der Waals surface area contributed by atoms with E-state index in [4.69, 9.17) is 10.5 Å². The molecule has 3 atom stereocenters. The first kappa shape index (κ1) is 22.6. The Morgan fingerprint density at radius 2 is 1.91 bits per heavy atom. The minimum Gasteiger partial charge on any atom is -0.511 e. The molecule has 1 aromatic heterocycles. The molecule has 1 aromatic carbocycles. The summed E-state index contributed by atoms with van der Waals surface area (Å²) >= 11 is 0.